The van der Waals surface area contributed by atoms with Gasteiger partial charge in [0.05, 0.1) is 12.7 Å². The SMILES string of the molecule is C=CCO[C@H](CC)[C@@H](N)Cc1ccccc1. The Bertz CT molecular complexity index is 297. The molecule has 0 heterocycles. The molecule has 0 amide bonds. The highest BCUT2D eigenvalue weighted by Gasteiger charge is 2.16. The molecule has 0 aromatic heterocycles. The summed E-state index contributed by atoms with van der Waals surface area (Å²) in [5.41, 5.74) is 7.40. The predicted octanol–water partition coefficient (Wildman–Crippen LogP) is 2.54. The van der Waals surface area contributed by atoms with Crippen LogP contribution < -0.4 is 5.73 Å². The molecule has 0 aliphatic carbocycles. The molecule has 0 aliphatic heterocycles. The summed E-state index contributed by atoms with van der Waals surface area (Å²) < 4.78 is 5.63. The van der Waals surface area contributed by atoms with Gasteiger partial charge in [-0.15, -0.1) is 6.58 Å². The highest BCUT2D eigenvalue weighted by molar-refractivity contribution is 5.16. The van der Waals surface area contributed by atoms with Gasteiger partial charge in [0.15, 0.2) is 0 Å². The largest absolute Gasteiger partial charge is 0.373 e. The molecule has 2 heteroatoms. The average Bonchev–Trinajstić information content (AvgIpc) is 2.31. The lowest BCUT2D eigenvalue weighted by atomic mass is 10.0. The first-order valence-corrected chi connectivity index (χ1v) is 5.80. The Kier molecular flexibility index (Phi) is 5.83. The van der Waals surface area contributed by atoms with Crippen LogP contribution in [-0.2, 0) is 11.2 Å². The lowest BCUT2D eigenvalue weighted by Crippen LogP contribution is -2.38. The summed E-state index contributed by atoms with van der Waals surface area (Å²) in [6.45, 7) is 6.31. The summed E-state index contributed by atoms with van der Waals surface area (Å²) in [6.07, 6.45) is 3.66. The van der Waals surface area contributed by atoms with Crippen molar-refractivity contribution in [1.29, 1.82) is 0 Å². The van der Waals surface area contributed by atoms with E-state index in [9.17, 15) is 0 Å². The quantitative estimate of drug-likeness (QED) is 0.715. The third-order valence-corrected chi connectivity index (χ3v) is 2.62. The van der Waals surface area contributed by atoms with Crippen LogP contribution in [0, 0.1) is 0 Å². The third-order valence-electron chi connectivity index (χ3n) is 2.62. The van der Waals surface area contributed by atoms with Crippen LogP contribution in [0.3, 0.4) is 0 Å². The van der Waals surface area contributed by atoms with E-state index in [1.807, 2.05) is 18.2 Å². The van der Waals surface area contributed by atoms with Gasteiger partial charge in [0, 0.05) is 6.04 Å². The zero-order chi connectivity index (χ0) is 11.8. The molecule has 16 heavy (non-hydrogen) atoms. The fraction of sp³-hybridized carbons (Fsp3) is 0.429. The van der Waals surface area contributed by atoms with E-state index in [2.05, 4.69) is 25.6 Å². The minimum atomic E-state index is 0.0485. The number of ether oxygens (including phenoxy) is 1. The number of hydrogen-bond acceptors (Lipinski definition) is 2. The Morgan fingerprint density at radius 3 is 2.62 bits per heavy atom. The minimum Gasteiger partial charge on any atom is -0.373 e. The molecule has 1 rings (SSSR count). The zero-order valence-corrected chi connectivity index (χ0v) is 9.93. The lowest BCUT2D eigenvalue weighted by Gasteiger charge is -2.22. The fourth-order valence-electron chi connectivity index (χ4n) is 1.75. The van der Waals surface area contributed by atoms with Gasteiger partial charge < -0.3 is 10.5 Å². The van der Waals surface area contributed by atoms with Crippen LogP contribution in [0.25, 0.3) is 0 Å². The molecular formula is C14H21NO. The highest BCUT2D eigenvalue weighted by atomic mass is 16.5. The van der Waals surface area contributed by atoms with Crippen LogP contribution in [-0.4, -0.2) is 18.8 Å². The Morgan fingerprint density at radius 1 is 1.38 bits per heavy atom. The average molecular weight is 219 g/mol. The van der Waals surface area contributed by atoms with Gasteiger partial charge in [-0.25, -0.2) is 0 Å². The summed E-state index contributed by atoms with van der Waals surface area (Å²) in [5.74, 6) is 0. The molecule has 0 unspecified atom stereocenters. The second-order valence-corrected chi connectivity index (χ2v) is 3.92. The van der Waals surface area contributed by atoms with E-state index >= 15 is 0 Å². The van der Waals surface area contributed by atoms with E-state index in [0.29, 0.717) is 6.61 Å². The van der Waals surface area contributed by atoms with Crippen molar-refractivity contribution in [3.05, 3.63) is 48.6 Å². The van der Waals surface area contributed by atoms with Gasteiger partial charge in [-0.2, -0.15) is 0 Å². The molecule has 0 bridgehead atoms. The summed E-state index contributed by atoms with van der Waals surface area (Å²) in [6, 6.07) is 10.3. The fourth-order valence-corrected chi connectivity index (χ4v) is 1.75. The Hall–Kier alpha value is -1.12. The van der Waals surface area contributed by atoms with Gasteiger partial charge in [0.2, 0.25) is 0 Å². The molecule has 1 aromatic carbocycles. The number of rotatable bonds is 7. The van der Waals surface area contributed by atoms with Crippen molar-refractivity contribution < 1.29 is 4.74 Å². The Balaban J connectivity index is 2.48. The van der Waals surface area contributed by atoms with Gasteiger partial charge >= 0.3 is 0 Å². The first-order chi connectivity index (χ1) is 7.77. The molecule has 2 atom stereocenters. The zero-order valence-electron chi connectivity index (χ0n) is 9.93. The Labute approximate surface area is 98.1 Å². The van der Waals surface area contributed by atoms with Crippen molar-refractivity contribution in [3.63, 3.8) is 0 Å². The molecule has 2 N–H and O–H groups in total. The lowest BCUT2D eigenvalue weighted by molar-refractivity contribution is 0.0520. The highest BCUT2D eigenvalue weighted by Crippen LogP contribution is 2.09. The van der Waals surface area contributed by atoms with E-state index in [1.165, 1.54) is 5.56 Å². The molecular weight excluding hydrogens is 198 g/mol. The van der Waals surface area contributed by atoms with E-state index in [-0.39, 0.29) is 12.1 Å². The monoisotopic (exact) mass is 219 g/mol. The van der Waals surface area contributed by atoms with E-state index in [0.717, 1.165) is 12.8 Å². The van der Waals surface area contributed by atoms with Crippen molar-refractivity contribution in [1.82, 2.24) is 0 Å². The molecule has 1 aromatic rings. The molecule has 0 radical (unpaired) electrons. The van der Waals surface area contributed by atoms with Crippen LogP contribution in [0.4, 0.5) is 0 Å². The van der Waals surface area contributed by atoms with Crippen LogP contribution >= 0.6 is 0 Å². The van der Waals surface area contributed by atoms with Gasteiger partial charge in [-0.3, -0.25) is 0 Å². The third kappa shape index (κ3) is 4.17. The van der Waals surface area contributed by atoms with Crippen LogP contribution in [0.1, 0.15) is 18.9 Å². The first kappa shape index (κ1) is 12.9. The summed E-state index contributed by atoms with van der Waals surface area (Å²) >= 11 is 0. The maximum absolute atomic E-state index is 6.14. The van der Waals surface area contributed by atoms with Crippen LogP contribution in [0.5, 0.6) is 0 Å². The van der Waals surface area contributed by atoms with Gasteiger partial charge in [0.25, 0.3) is 0 Å². The second-order valence-electron chi connectivity index (χ2n) is 3.92. The molecule has 0 spiro atoms. The molecule has 0 fully saturated rings. The first-order valence-electron chi connectivity index (χ1n) is 5.80. The summed E-state index contributed by atoms with van der Waals surface area (Å²) in [7, 11) is 0. The van der Waals surface area contributed by atoms with E-state index in [4.69, 9.17) is 10.5 Å². The van der Waals surface area contributed by atoms with Crippen molar-refractivity contribution in [2.45, 2.75) is 31.9 Å². The standard InChI is InChI=1S/C14H21NO/c1-3-10-16-14(4-2)13(15)11-12-8-6-5-7-9-12/h3,5-9,13-14H,1,4,10-11,15H2,2H3/t13-,14+/m0/s1. The maximum atomic E-state index is 6.14. The molecule has 0 saturated heterocycles. The smallest absolute Gasteiger partial charge is 0.0730 e. The Morgan fingerprint density at radius 2 is 2.06 bits per heavy atom. The topological polar surface area (TPSA) is 35.2 Å². The predicted molar refractivity (Wildman–Crippen MR) is 68.3 cm³/mol. The van der Waals surface area contributed by atoms with Crippen molar-refractivity contribution in [3.8, 4) is 0 Å². The van der Waals surface area contributed by atoms with Gasteiger partial charge in [-0.1, -0.05) is 43.3 Å². The van der Waals surface area contributed by atoms with E-state index in [1.54, 1.807) is 6.08 Å². The normalized spacial score (nSPS) is 14.4. The maximum Gasteiger partial charge on any atom is 0.0730 e. The van der Waals surface area contributed by atoms with Crippen LogP contribution in [0.2, 0.25) is 0 Å². The van der Waals surface area contributed by atoms with Gasteiger partial charge in [0.1, 0.15) is 0 Å². The molecule has 0 saturated carbocycles. The van der Waals surface area contributed by atoms with Gasteiger partial charge in [-0.05, 0) is 18.4 Å². The van der Waals surface area contributed by atoms with E-state index < -0.39 is 0 Å². The van der Waals surface area contributed by atoms with Crippen LogP contribution in [0.15, 0.2) is 43.0 Å². The van der Waals surface area contributed by atoms with Crippen molar-refractivity contribution in [2.75, 3.05) is 6.61 Å². The number of benzene rings is 1. The van der Waals surface area contributed by atoms with Crippen molar-refractivity contribution in [2.24, 2.45) is 5.73 Å². The summed E-state index contributed by atoms with van der Waals surface area (Å²) in [4.78, 5) is 0. The van der Waals surface area contributed by atoms with Crippen molar-refractivity contribution >= 4 is 0 Å². The number of hydrogen-bond donors (Lipinski definition) is 1. The second kappa shape index (κ2) is 7.20. The summed E-state index contributed by atoms with van der Waals surface area (Å²) in [5, 5.41) is 0. The molecule has 0 aliphatic rings. The minimum absolute atomic E-state index is 0.0485. The molecule has 2 nitrogen and oxygen atoms in total. The molecule has 88 valence electrons. The number of nitrogens with two attached hydrogens (primary N) is 1.